The van der Waals surface area contributed by atoms with Crippen LogP contribution in [0.15, 0.2) is 22.6 Å². The van der Waals surface area contributed by atoms with Crippen molar-refractivity contribution in [1.29, 1.82) is 0 Å². The number of benzene rings is 1. The van der Waals surface area contributed by atoms with E-state index >= 15 is 0 Å². The van der Waals surface area contributed by atoms with Crippen LogP contribution in [0.25, 0.3) is 11.0 Å². The van der Waals surface area contributed by atoms with Crippen LogP contribution < -0.4 is 5.32 Å². The van der Waals surface area contributed by atoms with Gasteiger partial charge in [0.15, 0.2) is 0 Å². The Morgan fingerprint density at radius 2 is 2.04 bits per heavy atom. The van der Waals surface area contributed by atoms with Gasteiger partial charge in [0.05, 0.1) is 25.4 Å². The number of hydrogen-bond donors (Lipinski definition) is 2. The summed E-state index contributed by atoms with van der Waals surface area (Å²) in [6.07, 6.45) is 0. The molecule has 2 heterocycles. The first kappa shape index (κ1) is 16.7. The molecule has 0 saturated carbocycles. The molecule has 0 aliphatic rings. The summed E-state index contributed by atoms with van der Waals surface area (Å²) in [5, 5.41) is 17.7. The molecule has 0 spiro atoms. The average molecular weight is 331 g/mol. The van der Waals surface area contributed by atoms with Crippen molar-refractivity contribution in [2.24, 2.45) is 0 Å². The predicted octanol–water partition coefficient (Wildman–Crippen LogP) is 2.98. The largest absolute Gasteiger partial charge is 0.459 e. The molecule has 0 saturated heterocycles. The molecule has 0 unspecified atom stereocenters. The highest BCUT2D eigenvalue weighted by molar-refractivity contribution is 5.82. The summed E-state index contributed by atoms with van der Waals surface area (Å²) >= 11 is 0. The Morgan fingerprint density at radius 1 is 1.25 bits per heavy atom. The number of furan rings is 1. The van der Waals surface area contributed by atoms with E-state index in [1.807, 2.05) is 25.5 Å². The molecule has 0 amide bonds. The second-order valence-corrected chi connectivity index (χ2v) is 5.99. The molecular formula is C18H22FN3O2. The summed E-state index contributed by atoms with van der Waals surface area (Å²) in [7, 11) is 0. The molecule has 128 valence electrons. The second-order valence-electron chi connectivity index (χ2n) is 5.99. The Bertz CT molecular complexity index is 867. The van der Waals surface area contributed by atoms with Gasteiger partial charge in [0.2, 0.25) is 0 Å². The lowest BCUT2D eigenvalue weighted by Crippen LogP contribution is -2.14. The molecule has 0 fully saturated rings. The summed E-state index contributed by atoms with van der Waals surface area (Å²) in [5.74, 6) is 0.558. The van der Waals surface area contributed by atoms with Crippen LogP contribution in [0.3, 0.4) is 0 Å². The van der Waals surface area contributed by atoms with Gasteiger partial charge in [0, 0.05) is 23.2 Å². The topological polar surface area (TPSA) is 63.2 Å². The van der Waals surface area contributed by atoms with Crippen molar-refractivity contribution in [3.63, 3.8) is 0 Å². The average Bonchev–Trinajstić information content (AvgIpc) is 3.00. The Kier molecular flexibility index (Phi) is 4.69. The van der Waals surface area contributed by atoms with E-state index in [0.717, 1.165) is 33.7 Å². The molecule has 0 aliphatic carbocycles. The Morgan fingerprint density at radius 3 is 2.79 bits per heavy atom. The third kappa shape index (κ3) is 3.07. The molecule has 0 radical (unpaired) electrons. The van der Waals surface area contributed by atoms with Crippen molar-refractivity contribution in [1.82, 2.24) is 15.1 Å². The zero-order chi connectivity index (χ0) is 17.3. The molecule has 0 atom stereocenters. The van der Waals surface area contributed by atoms with Gasteiger partial charge in [-0.15, -0.1) is 0 Å². The normalized spacial score (nSPS) is 11.5. The van der Waals surface area contributed by atoms with Crippen molar-refractivity contribution in [3.05, 3.63) is 52.3 Å². The molecule has 5 nitrogen and oxygen atoms in total. The Balaban J connectivity index is 1.72. The number of fused-ring (bicyclic) bond motifs is 1. The number of aromatic nitrogens is 2. The minimum Gasteiger partial charge on any atom is -0.459 e. The van der Waals surface area contributed by atoms with E-state index < -0.39 is 0 Å². The zero-order valence-electron chi connectivity index (χ0n) is 14.2. The first-order valence-corrected chi connectivity index (χ1v) is 8.03. The zero-order valence-corrected chi connectivity index (χ0v) is 14.2. The predicted molar refractivity (Wildman–Crippen MR) is 90.2 cm³/mol. The number of hydrogen-bond acceptors (Lipinski definition) is 4. The van der Waals surface area contributed by atoms with Gasteiger partial charge in [0.25, 0.3) is 0 Å². The van der Waals surface area contributed by atoms with E-state index in [4.69, 9.17) is 9.52 Å². The van der Waals surface area contributed by atoms with Gasteiger partial charge in [-0.05, 0) is 44.5 Å². The maximum absolute atomic E-state index is 13.4. The number of halogens is 1. The molecule has 2 N–H and O–H groups in total. The van der Waals surface area contributed by atoms with Gasteiger partial charge in [-0.1, -0.05) is 0 Å². The fourth-order valence-electron chi connectivity index (χ4n) is 3.02. The molecule has 1 aromatic carbocycles. The molecule has 0 aliphatic heterocycles. The molecule has 24 heavy (non-hydrogen) atoms. The van der Waals surface area contributed by atoms with E-state index in [1.54, 1.807) is 6.07 Å². The molecule has 6 heteroatoms. The third-order valence-electron chi connectivity index (χ3n) is 4.43. The maximum atomic E-state index is 13.4. The second kappa shape index (κ2) is 6.75. The van der Waals surface area contributed by atoms with Gasteiger partial charge in [-0.2, -0.15) is 5.10 Å². The summed E-state index contributed by atoms with van der Waals surface area (Å²) in [6.45, 7) is 7.71. The highest BCUT2D eigenvalue weighted by atomic mass is 19.1. The summed E-state index contributed by atoms with van der Waals surface area (Å²) in [6, 6.07) is 4.57. The quantitative estimate of drug-likeness (QED) is 0.729. The van der Waals surface area contributed by atoms with E-state index in [2.05, 4.69) is 10.4 Å². The number of nitrogens with one attached hydrogen (secondary N) is 1. The van der Waals surface area contributed by atoms with Crippen molar-refractivity contribution >= 4 is 11.0 Å². The number of aliphatic hydroxyl groups excluding tert-OH is 1. The third-order valence-corrected chi connectivity index (χ3v) is 4.43. The van der Waals surface area contributed by atoms with Gasteiger partial charge in [-0.25, -0.2) is 4.39 Å². The van der Waals surface area contributed by atoms with Crippen molar-refractivity contribution in [2.45, 2.75) is 40.4 Å². The van der Waals surface area contributed by atoms with E-state index in [-0.39, 0.29) is 12.4 Å². The monoisotopic (exact) mass is 331 g/mol. The van der Waals surface area contributed by atoms with Gasteiger partial charge < -0.3 is 14.8 Å². The van der Waals surface area contributed by atoms with Gasteiger partial charge >= 0.3 is 0 Å². The smallest absolute Gasteiger partial charge is 0.134 e. The van der Waals surface area contributed by atoms with Crippen molar-refractivity contribution < 1.29 is 13.9 Å². The summed E-state index contributed by atoms with van der Waals surface area (Å²) < 4.78 is 21.0. The SMILES string of the molecule is Cc1nn(CCO)c(C)c1CNCc1oc2ccc(F)cc2c1C. The van der Waals surface area contributed by atoms with Crippen LogP contribution >= 0.6 is 0 Å². The Hall–Kier alpha value is -2.18. The van der Waals surface area contributed by atoms with Crippen LogP contribution in [-0.4, -0.2) is 21.5 Å². The minimum absolute atomic E-state index is 0.0730. The van der Waals surface area contributed by atoms with Gasteiger partial charge in [-0.3, -0.25) is 4.68 Å². The molecule has 2 aromatic heterocycles. The standard InChI is InChI=1S/C18H22FN3O2/c1-11-15-8-14(19)4-5-17(15)24-18(11)10-20-9-16-12(2)21-22(6-7-23)13(16)3/h4-5,8,20,23H,6-7,9-10H2,1-3H3. The van der Waals surface area contributed by atoms with E-state index in [0.29, 0.717) is 25.2 Å². The van der Waals surface area contributed by atoms with Crippen LogP contribution in [0.5, 0.6) is 0 Å². The summed E-state index contributed by atoms with van der Waals surface area (Å²) in [4.78, 5) is 0. The fourth-order valence-corrected chi connectivity index (χ4v) is 3.02. The van der Waals surface area contributed by atoms with Gasteiger partial charge in [0.1, 0.15) is 17.2 Å². The van der Waals surface area contributed by atoms with Crippen LogP contribution in [0.4, 0.5) is 4.39 Å². The van der Waals surface area contributed by atoms with Crippen LogP contribution in [0.1, 0.15) is 28.3 Å². The number of nitrogens with zero attached hydrogens (tertiary/aromatic N) is 2. The summed E-state index contributed by atoms with van der Waals surface area (Å²) in [5.41, 5.74) is 4.80. The van der Waals surface area contributed by atoms with Crippen LogP contribution in [0.2, 0.25) is 0 Å². The fraction of sp³-hybridized carbons (Fsp3) is 0.389. The lowest BCUT2D eigenvalue weighted by molar-refractivity contribution is 0.267. The molecule has 0 bridgehead atoms. The lowest BCUT2D eigenvalue weighted by atomic mass is 10.1. The van der Waals surface area contributed by atoms with Crippen molar-refractivity contribution in [3.8, 4) is 0 Å². The number of aryl methyl sites for hydroxylation is 2. The van der Waals surface area contributed by atoms with Crippen LogP contribution in [-0.2, 0) is 19.6 Å². The first-order valence-electron chi connectivity index (χ1n) is 8.03. The van der Waals surface area contributed by atoms with Crippen LogP contribution in [0, 0.1) is 26.6 Å². The lowest BCUT2D eigenvalue weighted by Gasteiger charge is -2.05. The molecular weight excluding hydrogens is 309 g/mol. The minimum atomic E-state index is -0.256. The highest BCUT2D eigenvalue weighted by Crippen LogP contribution is 2.26. The number of aliphatic hydroxyl groups is 1. The maximum Gasteiger partial charge on any atom is 0.134 e. The van der Waals surface area contributed by atoms with E-state index in [1.165, 1.54) is 12.1 Å². The highest BCUT2D eigenvalue weighted by Gasteiger charge is 2.13. The molecule has 3 rings (SSSR count). The first-order chi connectivity index (χ1) is 11.5. The van der Waals surface area contributed by atoms with Crippen molar-refractivity contribution in [2.75, 3.05) is 6.61 Å². The number of rotatable bonds is 6. The Labute approximate surface area is 140 Å². The molecule has 3 aromatic rings. The van der Waals surface area contributed by atoms with E-state index in [9.17, 15) is 4.39 Å².